The van der Waals surface area contributed by atoms with E-state index in [0.717, 1.165) is 5.75 Å². The minimum Gasteiger partial charge on any atom is -0.301 e. The lowest BCUT2D eigenvalue weighted by Crippen LogP contribution is -1.92. The van der Waals surface area contributed by atoms with E-state index in [1.165, 1.54) is 30.0 Å². The zero-order valence-electron chi connectivity index (χ0n) is 11.6. The summed E-state index contributed by atoms with van der Waals surface area (Å²) >= 11 is 3.19. The van der Waals surface area contributed by atoms with Crippen molar-refractivity contribution in [3.05, 3.63) is 12.2 Å². The Morgan fingerprint density at radius 2 is 1.67 bits per heavy atom. The fourth-order valence-corrected chi connectivity index (χ4v) is 5.17. The zero-order chi connectivity index (χ0) is 13.7. The molecule has 0 radical (unpaired) electrons. The Balaban J connectivity index is 3.71. The van der Waals surface area contributed by atoms with Gasteiger partial charge in [0.1, 0.15) is 0 Å². The summed E-state index contributed by atoms with van der Waals surface area (Å²) in [7, 11) is 0. The number of hydrogen-bond acceptors (Lipinski definition) is 5. The molecule has 18 heavy (non-hydrogen) atoms. The summed E-state index contributed by atoms with van der Waals surface area (Å²) in [6, 6.07) is 0. The van der Waals surface area contributed by atoms with Crippen LogP contribution in [-0.4, -0.2) is 30.5 Å². The van der Waals surface area contributed by atoms with Crippen molar-refractivity contribution in [2.45, 2.75) is 33.6 Å². The van der Waals surface area contributed by atoms with Crippen molar-refractivity contribution in [3.63, 3.8) is 0 Å². The minimum absolute atomic E-state index is 0.418. The van der Waals surface area contributed by atoms with Crippen LogP contribution in [0.15, 0.2) is 12.2 Å². The van der Waals surface area contributed by atoms with Crippen molar-refractivity contribution < 1.29 is 13.6 Å². The molecule has 0 rings (SSSR count). The minimum atomic E-state index is -2.93. The van der Waals surface area contributed by atoms with E-state index in [2.05, 4.69) is 13.0 Å². The predicted molar refractivity (Wildman–Crippen MR) is 84.7 cm³/mol. The second-order valence-corrected chi connectivity index (χ2v) is 8.75. The summed E-state index contributed by atoms with van der Waals surface area (Å²) < 4.78 is 22.4. The normalized spacial score (nSPS) is 12.4. The quantitative estimate of drug-likeness (QED) is 0.288. The lowest BCUT2D eigenvalue weighted by molar-refractivity contribution is 0.237. The van der Waals surface area contributed by atoms with Crippen LogP contribution in [0.2, 0.25) is 0 Å². The first kappa shape index (κ1) is 18.6. The molecule has 0 saturated heterocycles. The van der Waals surface area contributed by atoms with Crippen molar-refractivity contribution in [1.82, 2.24) is 0 Å². The Hall–Kier alpha value is 0.590. The molecule has 0 aromatic carbocycles. The van der Waals surface area contributed by atoms with Crippen LogP contribution in [0.3, 0.4) is 0 Å². The van der Waals surface area contributed by atoms with E-state index in [9.17, 15) is 4.57 Å². The summed E-state index contributed by atoms with van der Waals surface area (Å²) in [6.45, 7) is 3.76. The third-order valence-electron chi connectivity index (χ3n) is 1.93. The highest BCUT2D eigenvalue weighted by atomic mass is 32.7. The largest absolute Gasteiger partial charge is 0.389 e. The molecule has 3 nitrogen and oxygen atoms in total. The molecule has 0 saturated carbocycles. The van der Waals surface area contributed by atoms with Crippen LogP contribution in [-0.2, 0) is 13.6 Å². The second kappa shape index (κ2) is 12.6. The van der Waals surface area contributed by atoms with Crippen LogP contribution >= 0.6 is 29.9 Å². The molecular weight excluding hydrogens is 287 g/mol. The van der Waals surface area contributed by atoms with E-state index in [4.69, 9.17) is 9.05 Å². The van der Waals surface area contributed by atoms with Crippen LogP contribution in [0.4, 0.5) is 0 Å². The molecule has 0 aromatic rings. The summed E-state index contributed by atoms with van der Waals surface area (Å²) in [5, 5.41) is 0. The van der Waals surface area contributed by atoms with Gasteiger partial charge in [0.2, 0.25) is 0 Å². The van der Waals surface area contributed by atoms with Crippen molar-refractivity contribution in [3.8, 4) is 0 Å². The van der Waals surface area contributed by atoms with Crippen LogP contribution in [0.1, 0.15) is 33.6 Å². The van der Waals surface area contributed by atoms with E-state index < -0.39 is 6.80 Å². The maximum Gasteiger partial charge on any atom is 0.389 e. The van der Waals surface area contributed by atoms with Gasteiger partial charge in [-0.1, -0.05) is 25.5 Å². The lowest BCUT2D eigenvalue weighted by atomic mass is 10.4. The van der Waals surface area contributed by atoms with E-state index in [0.29, 0.717) is 19.0 Å². The highest BCUT2D eigenvalue weighted by molar-refractivity contribution is 8.55. The van der Waals surface area contributed by atoms with Crippen molar-refractivity contribution in [2.75, 3.05) is 30.5 Å². The van der Waals surface area contributed by atoms with Gasteiger partial charge in [0.05, 0.1) is 13.2 Å². The Labute approximate surface area is 120 Å². The van der Waals surface area contributed by atoms with Crippen LogP contribution in [0.25, 0.3) is 0 Å². The number of hydrogen-bond donors (Lipinski definition) is 0. The molecule has 0 bridgehead atoms. The van der Waals surface area contributed by atoms with Gasteiger partial charge in [0.25, 0.3) is 0 Å². The van der Waals surface area contributed by atoms with Gasteiger partial charge in [-0.25, -0.2) is 4.57 Å². The van der Waals surface area contributed by atoms with Gasteiger partial charge in [-0.15, -0.1) is 0 Å². The standard InChI is InChI=1S/C12H25O3PS2/c1-4-7-10-17-11-8-9-12-18-16(13,14-5-2)15-6-3/h8-9H,4-7,10-12H2,1-3H3/b9-8+. The first-order valence-corrected chi connectivity index (χ1v) is 10.7. The van der Waals surface area contributed by atoms with E-state index in [-0.39, 0.29) is 0 Å². The molecule has 0 spiro atoms. The molecule has 0 aromatic heterocycles. The predicted octanol–water partition coefficient (Wildman–Crippen LogP) is 4.99. The first-order chi connectivity index (χ1) is 8.68. The molecule has 0 fully saturated rings. The molecular formula is C12H25O3PS2. The topological polar surface area (TPSA) is 35.5 Å². The number of thioether (sulfide) groups is 1. The average molecular weight is 312 g/mol. The van der Waals surface area contributed by atoms with Gasteiger partial charge < -0.3 is 9.05 Å². The van der Waals surface area contributed by atoms with Crippen molar-refractivity contribution in [1.29, 1.82) is 0 Å². The van der Waals surface area contributed by atoms with E-state index in [1.807, 2.05) is 31.7 Å². The van der Waals surface area contributed by atoms with Crippen molar-refractivity contribution >= 4 is 29.9 Å². The lowest BCUT2D eigenvalue weighted by Gasteiger charge is -2.14. The summed E-state index contributed by atoms with van der Waals surface area (Å²) in [6.07, 6.45) is 6.68. The molecule has 0 aliphatic carbocycles. The molecule has 0 N–H and O–H groups in total. The Morgan fingerprint density at radius 3 is 2.22 bits per heavy atom. The van der Waals surface area contributed by atoms with Crippen molar-refractivity contribution in [2.24, 2.45) is 0 Å². The highest BCUT2D eigenvalue weighted by Gasteiger charge is 2.23. The first-order valence-electron chi connectivity index (χ1n) is 6.44. The third kappa shape index (κ3) is 10.5. The van der Waals surface area contributed by atoms with Crippen LogP contribution in [0.5, 0.6) is 0 Å². The van der Waals surface area contributed by atoms with Gasteiger partial charge in [-0.2, -0.15) is 11.8 Å². The second-order valence-electron chi connectivity index (χ2n) is 3.48. The number of unbranched alkanes of at least 4 members (excludes halogenated alkanes) is 1. The van der Waals surface area contributed by atoms with Crippen LogP contribution < -0.4 is 0 Å². The Kier molecular flexibility index (Phi) is 13.0. The average Bonchev–Trinajstić information content (AvgIpc) is 2.33. The van der Waals surface area contributed by atoms with Gasteiger partial charge in [-0.05, 0) is 37.4 Å². The van der Waals surface area contributed by atoms with E-state index >= 15 is 0 Å². The molecule has 0 unspecified atom stereocenters. The summed E-state index contributed by atoms with van der Waals surface area (Å²) in [5.74, 6) is 2.91. The molecule has 0 atom stereocenters. The smallest absolute Gasteiger partial charge is 0.301 e. The monoisotopic (exact) mass is 312 g/mol. The summed E-state index contributed by atoms with van der Waals surface area (Å²) in [4.78, 5) is 0. The van der Waals surface area contributed by atoms with Gasteiger partial charge >= 0.3 is 6.80 Å². The number of rotatable bonds is 12. The Morgan fingerprint density at radius 1 is 1.06 bits per heavy atom. The van der Waals surface area contributed by atoms with Gasteiger partial charge in [0.15, 0.2) is 0 Å². The molecule has 0 aliphatic rings. The molecule has 0 amide bonds. The molecule has 108 valence electrons. The zero-order valence-corrected chi connectivity index (χ0v) is 14.1. The SMILES string of the molecule is CCCCSC/C=C/CSP(=O)(OCC)OCC. The van der Waals surface area contributed by atoms with E-state index in [1.54, 1.807) is 0 Å². The molecule has 6 heteroatoms. The highest BCUT2D eigenvalue weighted by Crippen LogP contribution is 2.60. The maximum atomic E-state index is 12.1. The molecule has 0 aliphatic heterocycles. The third-order valence-corrected chi connectivity index (χ3v) is 6.77. The van der Waals surface area contributed by atoms with Gasteiger partial charge in [-0.3, -0.25) is 0 Å². The maximum absolute atomic E-state index is 12.1. The molecule has 0 heterocycles. The Bertz CT molecular complexity index is 250. The van der Waals surface area contributed by atoms with Gasteiger partial charge in [0, 0.05) is 11.5 Å². The fraction of sp³-hybridized carbons (Fsp3) is 0.833. The van der Waals surface area contributed by atoms with Crippen LogP contribution in [0, 0.1) is 0 Å². The fourth-order valence-electron chi connectivity index (χ4n) is 1.10. The summed E-state index contributed by atoms with van der Waals surface area (Å²) in [5.41, 5.74) is 0.